The third kappa shape index (κ3) is 10.3. The molecule has 316 valence electrons. The molecule has 0 radical (unpaired) electrons. The highest BCUT2D eigenvalue weighted by Gasteiger charge is 2.37. The maximum absolute atomic E-state index is 14.3. The number of hydrogen-bond acceptors (Lipinski definition) is 15. The summed E-state index contributed by atoms with van der Waals surface area (Å²) in [5, 5.41) is 10.5. The van der Waals surface area contributed by atoms with Crippen LogP contribution in [0.2, 0.25) is 0 Å². The van der Waals surface area contributed by atoms with Crippen LogP contribution in [0.3, 0.4) is 0 Å². The summed E-state index contributed by atoms with van der Waals surface area (Å²) in [4.78, 5) is 47.7. The lowest BCUT2D eigenvalue weighted by molar-refractivity contribution is -0.125. The molecule has 0 aliphatic rings. The largest absolute Gasteiger partial charge is 0.412 e. The molecule has 2 unspecified atom stereocenters. The summed E-state index contributed by atoms with van der Waals surface area (Å²) in [5.41, 5.74) is 2.96. The first kappa shape index (κ1) is 45.7. The lowest BCUT2D eigenvalue weighted by atomic mass is 9.97. The van der Waals surface area contributed by atoms with Gasteiger partial charge in [0.25, 0.3) is 16.0 Å². The zero-order valence-corrected chi connectivity index (χ0v) is 36.2. The van der Waals surface area contributed by atoms with Crippen LogP contribution in [0.5, 0.6) is 0 Å². The molecule has 4 aromatic heterocycles. The summed E-state index contributed by atoms with van der Waals surface area (Å²) in [6, 6.07) is 23.3. The second kappa shape index (κ2) is 18.1. The fraction of sp³-hybridized carbons (Fsp3) is 0.189. The number of hydrogen-bond donors (Lipinski definition) is 2. The highest BCUT2D eigenvalue weighted by atomic mass is 32.3. The van der Waals surface area contributed by atoms with Gasteiger partial charge in [-0.2, -0.15) is 8.42 Å². The minimum atomic E-state index is -4.86. The number of pyridine rings is 2. The average Bonchev–Trinajstić information content (AvgIpc) is 3.82. The summed E-state index contributed by atoms with van der Waals surface area (Å²) in [5.74, 6) is -4.21. The zero-order chi connectivity index (χ0) is 42.9. The van der Waals surface area contributed by atoms with Crippen molar-refractivity contribution in [3.05, 3.63) is 120 Å². The second-order valence-corrected chi connectivity index (χ2v) is 20.2. The van der Waals surface area contributed by atoms with E-state index in [1.807, 2.05) is 0 Å². The number of primary sulfonamides is 2. The summed E-state index contributed by atoms with van der Waals surface area (Å²) in [7, 11) is -10.7. The molecule has 0 spiro atoms. The monoisotopic (exact) mass is 914 g/mol. The molecule has 0 saturated heterocycles. The van der Waals surface area contributed by atoms with Gasteiger partial charge in [0.2, 0.25) is 26.0 Å². The van der Waals surface area contributed by atoms with Crippen LogP contribution in [0.4, 0.5) is 10.3 Å². The third-order valence-corrected chi connectivity index (χ3v) is 15.6. The van der Waals surface area contributed by atoms with Crippen molar-refractivity contribution in [2.75, 3.05) is 29.6 Å². The first-order valence-electron chi connectivity index (χ1n) is 17.2. The van der Waals surface area contributed by atoms with E-state index in [0.717, 1.165) is 9.80 Å². The molecule has 0 aliphatic heterocycles. The van der Waals surface area contributed by atoms with Gasteiger partial charge in [-0.05, 0) is 49.2 Å². The van der Waals surface area contributed by atoms with E-state index in [9.17, 15) is 34.8 Å². The van der Waals surface area contributed by atoms with Crippen molar-refractivity contribution >= 4 is 74.9 Å². The molecule has 6 rings (SSSR count). The van der Waals surface area contributed by atoms with Crippen LogP contribution in [-0.4, -0.2) is 82.3 Å². The standard InChI is InChI=1S/C37H36N8O9S5.H2O/c1-22-34(58(38,50)51)55-36(42-22)44(3)32(46)28(24-11-13-25(14-12-24)29-9-5-7-19-40-29)21-57(48,49)54-31(27-17-15-26(16-18-27)30-10-6-8-20-41-30)33(47)45(4)37-43-23(2)35(56-37)59(39,52)53;/h5-20,28,31H,21H2,1-4H3,(H2,38,50,51)(H2,39,52,53);1H2. The van der Waals surface area contributed by atoms with E-state index >= 15 is 0 Å². The van der Waals surface area contributed by atoms with Crippen molar-refractivity contribution in [1.82, 2.24) is 19.9 Å². The quantitative estimate of drug-likeness (QED) is 0.149. The SMILES string of the molecule is Cc1nc(N(C)C(=O)C(CS(=O)(=O)OC(C(=O)N(C)c2nc(C)c(S(N)(=O)=O)s2)c2ccc(-c3ccccn3)cc2)c2ccc(-c3ccccn3)cc2)sc1S(N)(=O)=O.O. The predicted octanol–water partition coefficient (Wildman–Crippen LogP) is 3.31. The molecule has 2 atom stereocenters. The first-order chi connectivity index (χ1) is 27.7. The van der Waals surface area contributed by atoms with Crippen molar-refractivity contribution in [1.29, 1.82) is 0 Å². The van der Waals surface area contributed by atoms with Crippen LogP contribution < -0.4 is 20.1 Å². The van der Waals surface area contributed by atoms with Crippen LogP contribution in [0.15, 0.2) is 106 Å². The van der Waals surface area contributed by atoms with Gasteiger partial charge in [-0.25, -0.2) is 37.1 Å². The number of carbonyl (C=O) groups is 2. The molecule has 0 aliphatic carbocycles. The van der Waals surface area contributed by atoms with E-state index in [1.54, 1.807) is 85.2 Å². The number of rotatable bonds is 14. The fourth-order valence-corrected chi connectivity index (χ4v) is 11.0. The number of aromatic nitrogens is 4. The van der Waals surface area contributed by atoms with E-state index in [4.69, 9.17) is 14.5 Å². The predicted molar refractivity (Wildman–Crippen MR) is 227 cm³/mol. The van der Waals surface area contributed by atoms with E-state index in [2.05, 4.69) is 19.9 Å². The Morgan fingerprint density at radius 2 is 1.07 bits per heavy atom. The Morgan fingerprint density at radius 1 is 0.650 bits per heavy atom. The van der Waals surface area contributed by atoms with Crippen LogP contribution in [0.25, 0.3) is 22.5 Å². The normalized spacial score (nSPS) is 12.9. The number of nitrogens with two attached hydrogens (primary N) is 2. The van der Waals surface area contributed by atoms with E-state index in [1.165, 1.54) is 40.1 Å². The number of aryl methyl sites for hydroxylation is 2. The molecule has 6 N–H and O–H groups in total. The summed E-state index contributed by atoms with van der Waals surface area (Å²) in [6.45, 7) is 2.80. The van der Waals surface area contributed by atoms with Crippen molar-refractivity contribution in [2.45, 2.75) is 34.3 Å². The Balaban J connectivity index is 0.00000683. The minimum absolute atomic E-state index is 0. The van der Waals surface area contributed by atoms with Gasteiger partial charge >= 0.3 is 0 Å². The van der Waals surface area contributed by atoms with Gasteiger partial charge in [-0.1, -0.05) is 83.3 Å². The van der Waals surface area contributed by atoms with Crippen LogP contribution >= 0.6 is 22.7 Å². The van der Waals surface area contributed by atoms with Crippen molar-refractivity contribution in [2.24, 2.45) is 10.3 Å². The number of nitrogens with zero attached hydrogens (tertiary/aromatic N) is 6. The number of anilines is 2. The highest BCUT2D eigenvalue weighted by molar-refractivity contribution is 7.91. The van der Waals surface area contributed by atoms with Gasteiger partial charge in [-0.15, -0.1) is 0 Å². The van der Waals surface area contributed by atoms with E-state index in [0.29, 0.717) is 45.2 Å². The van der Waals surface area contributed by atoms with Crippen LogP contribution in [0, 0.1) is 13.8 Å². The van der Waals surface area contributed by atoms with E-state index in [-0.39, 0.29) is 46.7 Å². The number of thiazole rings is 2. The number of carbonyl (C=O) groups excluding carboxylic acids is 2. The Kier molecular flexibility index (Phi) is 13.8. The van der Waals surface area contributed by atoms with Gasteiger partial charge in [0.05, 0.1) is 34.4 Å². The average molecular weight is 915 g/mol. The van der Waals surface area contributed by atoms with Gasteiger partial charge in [0.1, 0.15) is 0 Å². The zero-order valence-electron chi connectivity index (χ0n) is 32.2. The summed E-state index contributed by atoms with van der Waals surface area (Å²) < 4.78 is 82.5. The Labute approximate surface area is 354 Å². The third-order valence-electron chi connectivity index (χ3n) is 8.82. The number of amides is 2. The Hall–Kier alpha value is -5.37. The summed E-state index contributed by atoms with van der Waals surface area (Å²) >= 11 is 1.25. The Bertz CT molecular complexity index is 2650. The molecule has 4 heterocycles. The lowest BCUT2D eigenvalue weighted by Gasteiger charge is -2.25. The second-order valence-electron chi connectivity index (χ2n) is 13.1. The van der Waals surface area contributed by atoms with Crippen molar-refractivity contribution < 1.29 is 44.5 Å². The molecular formula is C37H38N8O10S5. The molecule has 2 amide bonds. The smallest absolute Gasteiger partial charge is 0.269 e. The highest BCUT2D eigenvalue weighted by Crippen LogP contribution is 2.35. The lowest BCUT2D eigenvalue weighted by Crippen LogP contribution is -2.37. The molecule has 0 fully saturated rings. The van der Waals surface area contributed by atoms with Crippen molar-refractivity contribution in [3.8, 4) is 22.5 Å². The number of likely N-dealkylation sites (N-methyl/N-ethyl adjacent to an activating group) is 2. The maximum atomic E-state index is 14.3. The molecule has 2 aromatic carbocycles. The molecule has 23 heteroatoms. The maximum Gasteiger partial charge on any atom is 0.269 e. The van der Waals surface area contributed by atoms with E-state index < -0.39 is 59.8 Å². The topological polar surface area (TPSA) is 287 Å². The first-order valence-corrected chi connectivity index (χ1v) is 23.5. The van der Waals surface area contributed by atoms with Gasteiger partial charge in [-0.3, -0.25) is 33.5 Å². The molecule has 0 saturated carbocycles. The minimum Gasteiger partial charge on any atom is -0.412 e. The molecule has 60 heavy (non-hydrogen) atoms. The van der Waals surface area contributed by atoms with Gasteiger partial charge in [0.15, 0.2) is 24.8 Å². The van der Waals surface area contributed by atoms with Crippen molar-refractivity contribution in [3.63, 3.8) is 0 Å². The van der Waals surface area contributed by atoms with Crippen LogP contribution in [0.1, 0.15) is 34.5 Å². The van der Waals surface area contributed by atoms with Crippen LogP contribution in [-0.2, 0) is 43.9 Å². The molecule has 0 bridgehead atoms. The summed E-state index contributed by atoms with van der Waals surface area (Å²) in [6.07, 6.45) is 1.35. The Morgan fingerprint density at radius 3 is 1.45 bits per heavy atom. The van der Waals surface area contributed by atoms with Gasteiger partial charge in [0, 0.05) is 37.6 Å². The number of benzene rings is 2. The van der Waals surface area contributed by atoms with Gasteiger partial charge < -0.3 is 5.48 Å². The number of sulfonamides is 2. The molecular weight excluding hydrogens is 877 g/mol. The molecule has 18 nitrogen and oxygen atoms in total. The fourth-order valence-electron chi connectivity index (χ4n) is 5.87. The molecule has 6 aromatic rings.